The molecule has 11 heavy (non-hydrogen) atoms. The molecule has 0 unspecified atom stereocenters. The number of isocyanates is 1. The van der Waals surface area contributed by atoms with Crippen molar-refractivity contribution in [3.8, 4) is 0 Å². The molecule has 0 aliphatic carbocycles. The third-order valence-corrected chi connectivity index (χ3v) is 1.48. The van der Waals surface area contributed by atoms with E-state index in [2.05, 4.69) is 4.99 Å². The fourth-order valence-electron chi connectivity index (χ4n) is 0.680. The fraction of sp³-hybridized carbons (Fsp3) is 0. The van der Waals surface area contributed by atoms with E-state index in [4.69, 9.17) is 12.2 Å². The van der Waals surface area contributed by atoms with Crippen molar-refractivity contribution in [1.82, 2.24) is 0 Å². The average Bonchev–Trinajstić information content (AvgIpc) is 2.07. The first-order chi connectivity index (χ1) is 5.36. The molecule has 0 atom stereocenters. The van der Waals surface area contributed by atoms with Gasteiger partial charge in [0.25, 0.3) is 0 Å². The maximum absolute atomic E-state index is 9.81. The van der Waals surface area contributed by atoms with Crippen molar-refractivity contribution in [3.05, 3.63) is 29.8 Å². The monoisotopic (exact) mass is 163 g/mol. The molecule has 0 saturated heterocycles. The molecule has 0 spiro atoms. The Kier molecular flexibility index (Phi) is 2.66. The van der Waals surface area contributed by atoms with Gasteiger partial charge in [0.1, 0.15) is 0 Å². The molecule has 2 nitrogen and oxygen atoms in total. The minimum atomic E-state index is 0.598. The van der Waals surface area contributed by atoms with Crippen LogP contribution in [0.3, 0.4) is 0 Å². The summed E-state index contributed by atoms with van der Waals surface area (Å²) in [5.74, 6) is 0. The van der Waals surface area contributed by atoms with Crippen LogP contribution >= 0.6 is 12.2 Å². The van der Waals surface area contributed by atoms with Gasteiger partial charge >= 0.3 is 0 Å². The molecule has 1 rings (SSSR count). The van der Waals surface area contributed by atoms with Crippen LogP contribution < -0.4 is 0 Å². The highest BCUT2D eigenvalue weighted by atomic mass is 32.1. The predicted octanol–water partition coefficient (Wildman–Crippen LogP) is 2.00. The van der Waals surface area contributed by atoms with Gasteiger partial charge in [-0.1, -0.05) is 24.4 Å². The lowest BCUT2D eigenvalue weighted by Crippen LogP contribution is -1.74. The van der Waals surface area contributed by atoms with Gasteiger partial charge in [0.2, 0.25) is 6.08 Å². The molecule has 0 aliphatic rings. The third-order valence-electron chi connectivity index (χ3n) is 1.20. The third kappa shape index (κ3) is 2.08. The summed E-state index contributed by atoms with van der Waals surface area (Å²) in [5.41, 5.74) is 1.53. The maximum atomic E-state index is 9.81. The van der Waals surface area contributed by atoms with Crippen LogP contribution in [0.15, 0.2) is 29.3 Å². The molecule has 0 radical (unpaired) electrons. The second-order valence-electron chi connectivity index (χ2n) is 1.91. The lowest BCUT2D eigenvalue weighted by Gasteiger charge is -1.90. The van der Waals surface area contributed by atoms with Crippen molar-refractivity contribution in [2.45, 2.75) is 0 Å². The zero-order valence-electron chi connectivity index (χ0n) is 5.65. The second kappa shape index (κ2) is 3.76. The molecule has 0 saturated carbocycles. The molecule has 0 amide bonds. The molecule has 1 aromatic carbocycles. The van der Waals surface area contributed by atoms with Crippen molar-refractivity contribution in [3.63, 3.8) is 0 Å². The van der Waals surface area contributed by atoms with E-state index in [1.165, 1.54) is 6.08 Å². The number of aliphatic imine (C=N–C) groups is 1. The fourth-order valence-corrected chi connectivity index (χ4v) is 0.837. The average molecular weight is 163 g/mol. The summed E-state index contributed by atoms with van der Waals surface area (Å²) in [6.45, 7) is 0. The first-order valence-corrected chi connectivity index (χ1v) is 3.47. The van der Waals surface area contributed by atoms with E-state index in [-0.39, 0.29) is 0 Å². The first-order valence-electron chi connectivity index (χ1n) is 3.00. The Morgan fingerprint density at radius 1 is 1.36 bits per heavy atom. The number of rotatable bonds is 2. The Bertz CT molecular complexity index is 298. The summed E-state index contributed by atoms with van der Waals surface area (Å²) in [6, 6.07) is 7.01. The Labute approximate surface area is 69.6 Å². The van der Waals surface area contributed by atoms with Gasteiger partial charge in [-0.3, -0.25) is 0 Å². The summed E-state index contributed by atoms with van der Waals surface area (Å²) < 4.78 is 0. The van der Waals surface area contributed by atoms with Crippen LogP contribution in [0.1, 0.15) is 5.56 Å². The van der Waals surface area contributed by atoms with Crippen LogP contribution in [0.5, 0.6) is 0 Å². The largest absolute Gasteiger partial charge is 0.240 e. The number of nitrogens with zero attached hydrogens (tertiary/aromatic N) is 1. The molecule has 54 valence electrons. The summed E-state index contributed by atoms with van der Waals surface area (Å²) in [7, 11) is 0. The van der Waals surface area contributed by atoms with Gasteiger partial charge in [-0.2, -0.15) is 4.99 Å². The number of thiocarbonyl (C=S) groups is 1. The van der Waals surface area contributed by atoms with Crippen molar-refractivity contribution in [1.29, 1.82) is 0 Å². The van der Waals surface area contributed by atoms with Gasteiger partial charge in [0, 0.05) is 5.37 Å². The molecular weight excluding hydrogens is 158 g/mol. The Balaban J connectivity index is 2.99. The highest BCUT2D eigenvalue weighted by molar-refractivity contribution is 7.79. The van der Waals surface area contributed by atoms with Gasteiger partial charge in [0.15, 0.2) is 0 Å². The number of carbonyl (C=O) groups excluding carboxylic acids is 1. The van der Waals surface area contributed by atoms with E-state index in [0.717, 1.165) is 5.56 Å². The van der Waals surface area contributed by atoms with E-state index in [1.54, 1.807) is 29.6 Å². The van der Waals surface area contributed by atoms with Gasteiger partial charge in [-0.05, 0) is 17.7 Å². The van der Waals surface area contributed by atoms with Gasteiger partial charge in [-0.15, -0.1) is 0 Å². The van der Waals surface area contributed by atoms with Crippen LogP contribution in [0.25, 0.3) is 0 Å². The first kappa shape index (κ1) is 7.79. The van der Waals surface area contributed by atoms with E-state index < -0.39 is 0 Å². The van der Waals surface area contributed by atoms with Crippen LogP contribution in [-0.2, 0) is 4.79 Å². The zero-order valence-corrected chi connectivity index (χ0v) is 6.47. The summed E-state index contributed by atoms with van der Waals surface area (Å²) in [4.78, 5) is 13.2. The van der Waals surface area contributed by atoms with E-state index in [0.29, 0.717) is 5.69 Å². The van der Waals surface area contributed by atoms with Crippen molar-refractivity contribution >= 4 is 29.4 Å². The molecule has 1 aromatic rings. The SMILES string of the molecule is O=C=Nc1ccc(C=S)cc1. The summed E-state index contributed by atoms with van der Waals surface area (Å²) in [6.07, 6.45) is 1.46. The number of hydrogen-bond donors (Lipinski definition) is 0. The molecule has 0 aliphatic heterocycles. The Morgan fingerprint density at radius 3 is 2.45 bits per heavy atom. The van der Waals surface area contributed by atoms with Crippen LogP contribution in [-0.4, -0.2) is 11.4 Å². The molecule has 0 heterocycles. The molecule has 0 aromatic heterocycles. The smallest absolute Gasteiger partial charge is 0.211 e. The normalized spacial score (nSPS) is 8.36. The zero-order chi connectivity index (χ0) is 8.10. The van der Waals surface area contributed by atoms with Crippen molar-refractivity contribution in [2.24, 2.45) is 4.99 Å². The summed E-state index contributed by atoms with van der Waals surface area (Å²) in [5, 5.41) is 1.56. The lowest BCUT2D eigenvalue weighted by molar-refractivity contribution is 0.565. The predicted molar refractivity (Wildman–Crippen MR) is 47.0 cm³/mol. The quantitative estimate of drug-likeness (QED) is 0.379. The van der Waals surface area contributed by atoms with Crippen LogP contribution in [0, 0.1) is 0 Å². The molecule has 3 heteroatoms. The Morgan fingerprint density at radius 2 is 2.00 bits per heavy atom. The molecule has 0 N–H and O–H groups in total. The highest BCUT2D eigenvalue weighted by Gasteiger charge is 1.87. The van der Waals surface area contributed by atoms with E-state index >= 15 is 0 Å². The molecule has 0 bridgehead atoms. The van der Waals surface area contributed by atoms with Crippen molar-refractivity contribution < 1.29 is 4.79 Å². The number of benzene rings is 1. The minimum Gasteiger partial charge on any atom is -0.211 e. The minimum absolute atomic E-state index is 0.598. The lowest BCUT2D eigenvalue weighted by atomic mass is 10.2. The molecule has 0 fully saturated rings. The molecular formula is C8H5NOS. The maximum Gasteiger partial charge on any atom is 0.240 e. The van der Waals surface area contributed by atoms with Crippen LogP contribution in [0.4, 0.5) is 5.69 Å². The Hall–Kier alpha value is -1.31. The van der Waals surface area contributed by atoms with Crippen LogP contribution in [0.2, 0.25) is 0 Å². The highest BCUT2D eigenvalue weighted by Crippen LogP contribution is 2.10. The van der Waals surface area contributed by atoms with Crippen molar-refractivity contribution in [2.75, 3.05) is 0 Å². The van der Waals surface area contributed by atoms with E-state index in [1.807, 2.05) is 0 Å². The van der Waals surface area contributed by atoms with Gasteiger partial charge in [0.05, 0.1) is 5.69 Å². The van der Waals surface area contributed by atoms with Gasteiger partial charge < -0.3 is 0 Å². The van der Waals surface area contributed by atoms with E-state index in [9.17, 15) is 4.79 Å². The summed E-state index contributed by atoms with van der Waals surface area (Å²) >= 11 is 4.69. The van der Waals surface area contributed by atoms with Gasteiger partial charge in [-0.25, -0.2) is 4.79 Å². The second-order valence-corrected chi connectivity index (χ2v) is 2.15. The topological polar surface area (TPSA) is 29.4 Å². The standard InChI is InChI=1S/C8H5NOS/c10-6-9-8-3-1-7(5-11)2-4-8/h1-5H. The number of hydrogen-bond acceptors (Lipinski definition) is 3.